The first-order valence-electron chi connectivity index (χ1n) is 9.24. The zero-order chi connectivity index (χ0) is 20.4. The van der Waals surface area contributed by atoms with Crippen molar-refractivity contribution < 1.29 is 9.84 Å². The molecule has 0 aromatic heterocycles. The van der Waals surface area contributed by atoms with E-state index in [2.05, 4.69) is 21.2 Å². The first kappa shape index (κ1) is 20.0. The molecule has 2 N–H and O–H groups in total. The molecule has 3 aromatic rings. The van der Waals surface area contributed by atoms with Crippen molar-refractivity contribution in [3.05, 3.63) is 92.9 Å². The van der Waals surface area contributed by atoms with E-state index in [4.69, 9.17) is 21.3 Å². The molecule has 0 unspecified atom stereocenters. The predicted molar refractivity (Wildman–Crippen MR) is 120 cm³/mol. The second kappa shape index (κ2) is 8.57. The van der Waals surface area contributed by atoms with Crippen LogP contribution in [0.1, 0.15) is 35.3 Å². The molecule has 0 spiro atoms. The minimum atomic E-state index is -0.239. The maximum absolute atomic E-state index is 10.4. The topological polar surface area (TPSA) is 53.8 Å². The molecule has 1 heterocycles. The van der Waals surface area contributed by atoms with Gasteiger partial charge in [-0.1, -0.05) is 39.7 Å². The number of hydrogen-bond acceptors (Lipinski definition) is 4. The monoisotopic (exact) mass is 470 g/mol. The molecule has 2 atom stereocenters. The maximum Gasteiger partial charge on any atom is 0.126 e. The van der Waals surface area contributed by atoms with Gasteiger partial charge in [0.25, 0.3) is 0 Å². The highest BCUT2D eigenvalue weighted by molar-refractivity contribution is 9.10. The van der Waals surface area contributed by atoms with Crippen molar-refractivity contribution >= 4 is 33.2 Å². The average Bonchev–Trinajstić information content (AvgIpc) is 2.75. The Morgan fingerprint density at radius 3 is 2.48 bits per heavy atom. The van der Waals surface area contributed by atoms with Crippen molar-refractivity contribution in [1.82, 2.24) is 5.32 Å². The summed E-state index contributed by atoms with van der Waals surface area (Å²) in [4.78, 5) is 4.97. The van der Waals surface area contributed by atoms with Crippen LogP contribution in [0.15, 0.2) is 76.2 Å². The standard InChI is InChI=1S/C23H20BrClN2O2/c1-29-18-9-4-14(5-10-18)20-13-21(19-12-17(25)8-11-22(19)28)27-23(26-20)15-2-6-16(24)7-3-15/h2-12,21,23,27-28H,13H2,1H3/t21-,23+/m1/s1. The Morgan fingerprint density at radius 2 is 1.79 bits per heavy atom. The Morgan fingerprint density at radius 1 is 1.07 bits per heavy atom. The van der Waals surface area contributed by atoms with E-state index in [1.165, 1.54) is 0 Å². The van der Waals surface area contributed by atoms with Gasteiger partial charge in [0.05, 0.1) is 7.11 Å². The molecule has 0 radical (unpaired) electrons. The first-order valence-corrected chi connectivity index (χ1v) is 10.4. The van der Waals surface area contributed by atoms with Crippen LogP contribution in [-0.2, 0) is 0 Å². The minimum Gasteiger partial charge on any atom is -0.508 e. The Kier molecular flexibility index (Phi) is 5.90. The SMILES string of the molecule is COc1ccc(C2=N[C@H](c3ccc(Br)cc3)N[C@@H](c3cc(Cl)ccc3O)C2)cc1. The largest absolute Gasteiger partial charge is 0.508 e. The normalized spacial score (nSPS) is 18.9. The fourth-order valence-electron chi connectivity index (χ4n) is 3.48. The van der Waals surface area contributed by atoms with Crippen LogP contribution in [0.2, 0.25) is 5.02 Å². The van der Waals surface area contributed by atoms with Gasteiger partial charge in [-0.05, 0) is 65.7 Å². The zero-order valence-electron chi connectivity index (χ0n) is 15.8. The Labute approximate surface area is 183 Å². The number of ether oxygens (including phenoxy) is 1. The second-order valence-corrected chi connectivity index (χ2v) is 8.24. The Hall–Kier alpha value is -2.34. The number of benzene rings is 3. The molecule has 4 nitrogen and oxygen atoms in total. The molecule has 148 valence electrons. The van der Waals surface area contributed by atoms with Gasteiger partial charge in [-0.3, -0.25) is 10.3 Å². The maximum atomic E-state index is 10.4. The number of phenols is 1. The molecule has 0 amide bonds. The highest BCUT2D eigenvalue weighted by atomic mass is 79.9. The van der Waals surface area contributed by atoms with Gasteiger partial charge in [0.2, 0.25) is 0 Å². The van der Waals surface area contributed by atoms with Crippen molar-refractivity contribution in [3.8, 4) is 11.5 Å². The molecule has 0 saturated carbocycles. The number of nitrogens with one attached hydrogen (secondary N) is 1. The number of aliphatic imine (C=N–C) groups is 1. The van der Waals surface area contributed by atoms with Crippen LogP contribution in [0.3, 0.4) is 0 Å². The van der Waals surface area contributed by atoms with Crippen molar-refractivity contribution in [2.24, 2.45) is 4.99 Å². The van der Waals surface area contributed by atoms with Gasteiger partial charge in [0, 0.05) is 33.2 Å². The Bertz CT molecular complexity index is 1040. The van der Waals surface area contributed by atoms with E-state index in [9.17, 15) is 5.11 Å². The highest BCUT2D eigenvalue weighted by Crippen LogP contribution is 2.36. The summed E-state index contributed by atoms with van der Waals surface area (Å²) < 4.78 is 6.29. The molecule has 1 aliphatic heterocycles. The van der Waals surface area contributed by atoms with E-state index < -0.39 is 0 Å². The van der Waals surface area contributed by atoms with Crippen molar-refractivity contribution in [3.63, 3.8) is 0 Å². The van der Waals surface area contributed by atoms with Crippen molar-refractivity contribution in [2.75, 3.05) is 7.11 Å². The van der Waals surface area contributed by atoms with Gasteiger partial charge >= 0.3 is 0 Å². The molecule has 0 aliphatic carbocycles. The molecule has 0 bridgehead atoms. The molecule has 4 rings (SSSR count). The van der Waals surface area contributed by atoms with E-state index in [-0.39, 0.29) is 18.0 Å². The zero-order valence-corrected chi connectivity index (χ0v) is 18.1. The summed E-state index contributed by atoms with van der Waals surface area (Å²) >= 11 is 9.69. The third-order valence-corrected chi connectivity index (χ3v) is 5.78. The number of phenolic OH excluding ortho intramolecular Hbond substituents is 1. The van der Waals surface area contributed by atoms with E-state index in [0.717, 1.165) is 32.6 Å². The van der Waals surface area contributed by atoms with E-state index in [1.807, 2.05) is 54.6 Å². The van der Waals surface area contributed by atoms with E-state index >= 15 is 0 Å². The van der Waals surface area contributed by atoms with E-state index in [0.29, 0.717) is 11.4 Å². The van der Waals surface area contributed by atoms with Gasteiger partial charge in [-0.25, -0.2) is 0 Å². The second-order valence-electron chi connectivity index (χ2n) is 6.88. The lowest BCUT2D eigenvalue weighted by molar-refractivity contribution is 0.412. The molecule has 1 aliphatic rings. The molecular weight excluding hydrogens is 452 g/mol. The lowest BCUT2D eigenvalue weighted by Crippen LogP contribution is -2.33. The first-order chi connectivity index (χ1) is 14.0. The predicted octanol–water partition coefficient (Wildman–Crippen LogP) is 6.04. The van der Waals surface area contributed by atoms with E-state index in [1.54, 1.807) is 19.2 Å². The molecule has 6 heteroatoms. The van der Waals surface area contributed by atoms with Gasteiger partial charge < -0.3 is 9.84 Å². The molecular formula is C23H20BrClN2O2. The number of aromatic hydroxyl groups is 1. The van der Waals surface area contributed by atoms with Crippen LogP contribution in [0, 0.1) is 0 Å². The number of hydrogen-bond donors (Lipinski definition) is 2. The number of rotatable bonds is 4. The lowest BCUT2D eigenvalue weighted by Gasteiger charge is -2.31. The summed E-state index contributed by atoms with van der Waals surface area (Å²) in [6.07, 6.45) is 0.394. The van der Waals surface area contributed by atoms with Gasteiger partial charge in [0.15, 0.2) is 0 Å². The van der Waals surface area contributed by atoms with Crippen molar-refractivity contribution in [1.29, 1.82) is 0 Å². The summed E-state index contributed by atoms with van der Waals surface area (Å²) in [7, 11) is 1.65. The average molecular weight is 472 g/mol. The number of halogens is 2. The van der Waals surface area contributed by atoms with Crippen LogP contribution >= 0.6 is 27.5 Å². The molecule has 3 aromatic carbocycles. The van der Waals surface area contributed by atoms with Gasteiger partial charge in [0.1, 0.15) is 17.7 Å². The van der Waals surface area contributed by atoms with Crippen LogP contribution in [0.25, 0.3) is 0 Å². The number of nitrogens with zero attached hydrogens (tertiary/aromatic N) is 1. The summed E-state index contributed by atoms with van der Waals surface area (Å²) in [6.45, 7) is 0. The third-order valence-electron chi connectivity index (χ3n) is 5.02. The fraction of sp³-hybridized carbons (Fsp3) is 0.174. The minimum absolute atomic E-state index is 0.128. The summed E-state index contributed by atoms with van der Waals surface area (Å²) in [5.74, 6) is 1.02. The molecule has 0 saturated heterocycles. The third kappa shape index (κ3) is 4.47. The lowest BCUT2D eigenvalue weighted by atomic mass is 9.93. The Balaban J connectivity index is 1.75. The molecule has 29 heavy (non-hydrogen) atoms. The summed E-state index contributed by atoms with van der Waals surface area (Å²) in [6, 6.07) is 21.0. The smallest absolute Gasteiger partial charge is 0.126 e. The summed E-state index contributed by atoms with van der Waals surface area (Å²) in [5.41, 5.74) is 3.80. The summed E-state index contributed by atoms with van der Waals surface area (Å²) in [5, 5.41) is 14.6. The molecule has 0 fully saturated rings. The van der Waals surface area contributed by atoms with Crippen LogP contribution < -0.4 is 10.1 Å². The van der Waals surface area contributed by atoms with Crippen LogP contribution in [0.4, 0.5) is 0 Å². The van der Waals surface area contributed by atoms with Gasteiger partial charge in [-0.15, -0.1) is 0 Å². The highest BCUT2D eigenvalue weighted by Gasteiger charge is 2.27. The van der Waals surface area contributed by atoms with Gasteiger partial charge in [-0.2, -0.15) is 0 Å². The van der Waals surface area contributed by atoms with Crippen LogP contribution in [0.5, 0.6) is 11.5 Å². The quantitative estimate of drug-likeness (QED) is 0.488. The van der Waals surface area contributed by atoms with Crippen molar-refractivity contribution in [2.45, 2.75) is 18.6 Å². The van der Waals surface area contributed by atoms with Crippen LogP contribution in [-0.4, -0.2) is 17.9 Å². The fourth-order valence-corrected chi connectivity index (χ4v) is 3.93. The number of methoxy groups -OCH3 is 1.